The summed E-state index contributed by atoms with van der Waals surface area (Å²) in [5.41, 5.74) is 1.11. The summed E-state index contributed by atoms with van der Waals surface area (Å²) in [6, 6.07) is 7.81. The molecular formula is C17H25ClN2O2. The van der Waals surface area contributed by atoms with Crippen molar-refractivity contribution in [3.8, 4) is 0 Å². The molecule has 2 amide bonds. The smallest absolute Gasteiger partial charge is 0.315 e. The van der Waals surface area contributed by atoms with E-state index in [0.717, 1.165) is 29.8 Å². The van der Waals surface area contributed by atoms with Crippen LogP contribution >= 0.6 is 11.6 Å². The average Bonchev–Trinajstić information content (AvgIpc) is 2.45. The number of urea groups is 1. The minimum absolute atomic E-state index is 0.0238. The average molecular weight is 325 g/mol. The maximum Gasteiger partial charge on any atom is 0.315 e. The van der Waals surface area contributed by atoms with E-state index in [2.05, 4.69) is 16.7 Å². The molecule has 0 radical (unpaired) electrons. The van der Waals surface area contributed by atoms with Crippen molar-refractivity contribution in [2.24, 2.45) is 0 Å². The van der Waals surface area contributed by atoms with Gasteiger partial charge in [-0.1, -0.05) is 36.2 Å². The Labute approximate surface area is 137 Å². The molecule has 3 N–H and O–H groups in total. The fourth-order valence-corrected chi connectivity index (χ4v) is 3.37. The highest BCUT2D eigenvalue weighted by molar-refractivity contribution is 6.31. The van der Waals surface area contributed by atoms with Crippen molar-refractivity contribution in [2.75, 3.05) is 13.2 Å². The Hall–Kier alpha value is -1.26. The van der Waals surface area contributed by atoms with Gasteiger partial charge in [-0.15, -0.1) is 0 Å². The molecule has 1 aliphatic rings. The Morgan fingerprint density at radius 2 is 2.14 bits per heavy atom. The Balaban J connectivity index is 1.89. The zero-order valence-corrected chi connectivity index (χ0v) is 13.8. The van der Waals surface area contributed by atoms with Gasteiger partial charge < -0.3 is 15.7 Å². The summed E-state index contributed by atoms with van der Waals surface area (Å²) in [5.74, 6) is 0. The van der Waals surface area contributed by atoms with Crippen LogP contribution in [0.25, 0.3) is 0 Å². The SMILES string of the molecule is CC(CCCO)NC(=O)NCC1(c2ccccc2Cl)CCC1. The molecule has 2 rings (SSSR count). The van der Waals surface area contributed by atoms with Crippen LogP contribution < -0.4 is 10.6 Å². The molecule has 4 nitrogen and oxygen atoms in total. The number of hydrogen-bond acceptors (Lipinski definition) is 2. The Morgan fingerprint density at radius 1 is 1.41 bits per heavy atom. The predicted molar refractivity (Wildman–Crippen MR) is 89.3 cm³/mol. The number of hydrogen-bond donors (Lipinski definition) is 3. The molecule has 0 aromatic heterocycles. The number of amides is 2. The van der Waals surface area contributed by atoms with E-state index < -0.39 is 0 Å². The van der Waals surface area contributed by atoms with E-state index in [4.69, 9.17) is 16.7 Å². The van der Waals surface area contributed by atoms with E-state index in [-0.39, 0.29) is 24.1 Å². The van der Waals surface area contributed by atoms with Crippen molar-refractivity contribution in [3.63, 3.8) is 0 Å². The van der Waals surface area contributed by atoms with Gasteiger partial charge in [-0.2, -0.15) is 0 Å². The van der Waals surface area contributed by atoms with Crippen LogP contribution in [0.4, 0.5) is 4.79 Å². The number of benzene rings is 1. The molecule has 1 aliphatic carbocycles. The van der Waals surface area contributed by atoms with Crippen LogP contribution in [0, 0.1) is 0 Å². The second kappa shape index (κ2) is 7.84. The first-order chi connectivity index (χ1) is 10.6. The standard InChI is InChI=1S/C17H25ClN2O2/c1-13(6-4-11-21)20-16(22)19-12-17(9-5-10-17)14-7-2-3-8-15(14)18/h2-3,7-8,13,21H,4-6,9-12H2,1H3,(H2,19,20,22). The molecule has 122 valence electrons. The van der Waals surface area contributed by atoms with Gasteiger partial charge in [0.2, 0.25) is 0 Å². The predicted octanol–water partition coefficient (Wildman–Crippen LogP) is 3.22. The molecule has 22 heavy (non-hydrogen) atoms. The lowest BCUT2D eigenvalue weighted by molar-refractivity contribution is 0.211. The van der Waals surface area contributed by atoms with Crippen LogP contribution in [0.5, 0.6) is 0 Å². The Morgan fingerprint density at radius 3 is 2.73 bits per heavy atom. The molecule has 0 saturated heterocycles. The molecule has 5 heteroatoms. The normalized spacial score (nSPS) is 17.4. The van der Waals surface area contributed by atoms with Gasteiger partial charge in [0.1, 0.15) is 0 Å². The zero-order chi connectivity index (χ0) is 16.0. The van der Waals surface area contributed by atoms with Gasteiger partial charge in [0.25, 0.3) is 0 Å². The summed E-state index contributed by atoms with van der Waals surface area (Å²) >= 11 is 6.33. The van der Waals surface area contributed by atoms with Crippen molar-refractivity contribution < 1.29 is 9.90 Å². The molecular weight excluding hydrogens is 300 g/mol. The van der Waals surface area contributed by atoms with E-state index in [1.165, 1.54) is 6.42 Å². The topological polar surface area (TPSA) is 61.4 Å². The van der Waals surface area contributed by atoms with Crippen molar-refractivity contribution in [2.45, 2.75) is 50.5 Å². The van der Waals surface area contributed by atoms with Crippen LogP contribution in [0.15, 0.2) is 24.3 Å². The Kier molecular flexibility index (Phi) is 6.09. The quantitative estimate of drug-likeness (QED) is 0.721. The number of carbonyl (C=O) groups is 1. The molecule has 1 unspecified atom stereocenters. The largest absolute Gasteiger partial charge is 0.396 e. The number of rotatable bonds is 7. The summed E-state index contributed by atoms with van der Waals surface area (Å²) in [6.07, 6.45) is 4.75. The van der Waals surface area contributed by atoms with Crippen LogP contribution in [0.2, 0.25) is 5.02 Å². The molecule has 1 saturated carbocycles. The number of nitrogens with one attached hydrogen (secondary N) is 2. The van der Waals surface area contributed by atoms with E-state index >= 15 is 0 Å². The molecule has 0 aliphatic heterocycles. The van der Waals surface area contributed by atoms with Crippen LogP contribution in [0.3, 0.4) is 0 Å². The lowest BCUT2D eigenvalue weighted by Crippen LogP contribution is -2.49. The fraction of sp³-hybridized carbons (Fsp3) is 0.588. The second-order valence-corrected chi connectivity index (χ2v) is 6.61. The van der Waals surface area contributed by atoms with E-state index in [0.29, 0.717) is 13.0 Å². The van der Waals surface area contributed by atoms with E-state index in [1.807, 2.05) is 25.1 Å². The zero-order valence-electron chi connectivity index (χ0n) is 13.1. The van der Waals surface area contributed by atoms with Crippen LogP contribution in [0.1, 0.15) is 44.6 Å². The highest BCUT2D eigenvalue weighted by Gasteiger charge is 2.40. The third-order valence-electron chi connectivity index (χ3n) is 4.52. The lowest BCUT2D eigenvalue weighted by Gasteiger charge is -2.43. The molecule has 1 aromatic rings. The number of carbonyl (C=O) groups excluding carboxylic acids is 1. The molecule has 1 fully saturated rings. The minimum Gasteiger partial charge on any atom is -0.396 e. The molecule has 0 bridgehead atoms. The number of halogens is 1. The lowest BCUT2D eigenvalue weighted by atomic mass is 9.64. The summed E-state index contributed by atoms with van der Waals surface area (Å²) in [7, 11) is 0. The molecule has 1 atom stereocenters. The fourth-order valence-electron chi connectivity index (χ4n) is 3.03. The third-order valence-corrected chi connectivity index (χ3v) is 4.85. The number of aliphatic hydroxyl groups is 1. The maximum absolute atomic E-state index is 12.0. The van der Waals surface area contributed by atoms with Gasteiger partial charge in [0, 0.05) is 29.6 Å². The third kappa shape index (κ3) is 4.14. The van der Waals surface area contributed by atoms with E-state index in [9.17, 15) is 4.79 Å². The van der Waals surface area contributed by atoms with Gasteiger partial charge in [-0.05, 0) is 44.2 Å². The molecule has 1 aromatic carbocycles. The van der Waals surface area contributed by atoms with Crippen molar-refractivity contribution in [1.82, 2.24) is 10.6 Å². The van der Waals surface area contributed by atoms with E-state index in [1.54, 1.807) is 0 Å². The minimum atomic E-state index is -0.149. The van der Waals surface area contributed by atoms with Crippen LogP contribution in [-0.2, 0) is 5.41 Å². The summed E-state index contributed by atoms with van der Waals surface area (Å²) in [4.78, 5) is 12.0. The summed E-state index contributed by atoms with van der Waals surface area (Å²) in [6.45, 7) is 2.71. The van der Waals surface area contributed by atoms with Crippen molar-refractivity contribution >= 4 is 17.6 Å². The molecule has 0 heterocycles. The van der Waals surface area contributed by atoms with Gasteiger partial charge >= 0.3 is 6.03 Å². The maximum atomic E-state index is 12.0. The highest BCUT2D eigenvalue weighted by atomic mass is 35.5. The van der Waals surface area contributed by atoms with Crippen molar-refractivity contribution in [1.29, 1.82) is 0 Å². The van der Waals surface area contributed by atoms with Gasteiger partial charge in [0.05, 0.1) is 0 Å². The Bertz CT molecular complexity index is 503. The first kappa shape index (κ1) is 17.1. The van der Waals surface area contributed by atoms with Gasteiger partial charge in [0.15, 0.2) is 0 Å². The van der Waals surface area contributed by atoms with Gasteiger partial charge in [-0.3, -0.25) is 0 Å². The van der Waals surface area contributed by atoms with Gasteiger partial charge in [-0.25, -0.2) is 4.79 Å². The summed E-state index contributed by atoms with van der Waals surface area (Å²) in [5, 5.41) is 15.5. The number of aliphatic hydroxyl groups excluding tert-OH is 1. The highest BCUT2D eigenvalue weighted by Crippen LogP contribution is 2.45. The first-order valence-corrected chi connectivity index (χ1v) is 8.35. The second-order valence-electron chi connectivity index (χ2n) is 6.21. The first-order valence-electron chi connectivity index (χ1n) is 7.98. The summed E-state index contributed by atoms with van der Waals surface area (Å²) < 4.78 is 0. The molecule has 0 spiro atoms. The van der Waals surface area contributed by atoms with Crippen molar-refractivity contribution in [3.05, 3.63) is 34.9 Å². The monoisotopic (exact) mass is 324 g/mol. The van der Waals surface area contributed by atoms with Crippen LogP contribution in [-0.4, -0.2) is 30.3 Å².